The molecule has 1 atom stereocenters. The van der Waals surface area contributed by atoms with Crippen LogP contribution < -0.4 is 4.90 Å². The molecule has 142 valence electrons. The van der Waals surface area contributed by atoms with E-state index < -0.39 is 0 Å². The van der Waals surface area contributed by atoms with Crippen molar-refractivity contribution in [3.63, 3.8) is 0 Å². The number of aromatic nitrogens is 2. The number of rotatable bonds is 4. The van der Waals surface area contributed by atoms with Crippen molar-refractivity contribution >= 4 is 17.8 Å². The van der Waals surface area contributed by atoms with E-state index >= 15 is 0 Å². The standard InChI is InChI=1S/C19H29N5O2/c1-22(2)15(25)6-7-16(26)24-11-5-9-19(13-24)10-8-14-12-20-18(23(3)4)21-17(14)19/h12H,5-11,13H2,1-4H3. The number of carbonyl (C=O) groups excluding carboxylic acids is 2. The van der Waals surface area contributed by atoms with E-state index in [1.165, 1.54) is 10.5 Å². The monoisotopic (exact) mass is 359 g/mol. The zero-order valence-electron chi connectivity index (χ0n) is 16.3. The van der Waals surface area contributed by atoms with Gasteiger partial charge in [0.15, 0.2) is 0 Å². The lowest BCUT2D eigenvalue weighted by Crippen LogP contribution is -2.48. The molecule has 2 amide bonds. The number of hydrogen-bond acceptors (Lipinski definition) is 5. The van der Waals surface area contributed by atoms with Crippen LogP contribution in [-0.2, 0) is 21.4 Å². The summed E-state index contributed by atoms with van der Waals surface area (Å²) in [7, 11) is 7.34. The maximum Gasteiger partial charge on any atom is 0.225 e. The summed E-state index contributed by atoms with van der Waals surface area (Å²) in [5.41, 5.74) is 2.29. The maximum atomic E-state index is 12.7. The second-order valence-corrected chi connectivity index (χ2v) is 7.93. The van der Waals surface area contributed by atoms with Crippen molar-refractivity contribution in [3.05, 3.63) is 17.5 Å². The molecule has 1 aliphatic heterocycles. The molecule has 1 aromatic rings. The average Bonchev–Trinajstić information content (AvgIpc) is 2.96. The van der Waals surface area contributed by atoms with Crippen LogP contribution in [0, 0.1) is 0 Å². The third kappa shape index (κ3) is 3.52. The Morgan fingerprint density at radius 1 is 1.19 bits per heavy atom. The lowest BCUT2D eigenvalue weighted by atomic mass is 9.77. The molecule has 2 heterocycles. The number of likely N-dealkylation sites (tertiary alicyclic amines) is 1. The predicted octanol–water partition coefficient (Wildman–Crippen LogP) is 1.22. The summed E-state index contributed by atoms with van der Waals surface area (Å²) in [6.07, 6.45) is 6.55. The first kappa shape index (κ1) is 18.6. The quantitative estimate of drug-likeness (QED) is 0.808. The van der Waals surface area contributed by atoms with Gasteiger partial charge in [-0.2, -0.15) is 0 Å². The second kappa shape index (κ2) is 7.21. The van der Waals surface area contributed by atoms with Crippen LogP contribution in [0.4, 0.5) is 5.95 Å². The molecular formula is C19H29N5O2. The number of piperidine rings is 1. The Morgan fingerprint density at radius 3 is 2.65 bits per heavy atom. The molecule has 1 unspecified atom stereocenters. The Morgan fingerprint density at radius 2 is 1.96 bits per heavy atom. The molecule has 1 spiro atoms. The molecule has 26 heavy (non-hydrogen) atoms. The third-order valence-electron chi connectivity index (χ3n) is 5.61. The van der Waals surface area contributed by atoms with Crippen molar-refractivity contribution < 1.29 is 9.59 Å². The van der Waals surface area contributed by atoms with Crippen molar-refractivity contribution in [2.24, 2.45) is 0 Å². The molecule has 1 fully saturated rings. The Bertz CT molecular complexity index is 699. The minimum absolute atomic E-state index is 0.000324. The molecule has 0 saturated carbocycles. The van der Waals surface area contributed by atoms with E-state index in [1.54, 1.807) is 14.1 Å². The minimum atomic E-state index is -0.0531. The summed E-state index contributed by atoms with van der Waals surface area (Å²) in [4.78, 5) is 39.1. The van der Waals surface area contributed by atoms with E-state index in [1.807, 2.05) is 30.1 Å². The summed E-state index contributed by atoms with van der Waals surface area (Å²) in [6, 6.07) is 0. The van der Waals surface area contributed by atoms with Crippen molar-refractivity contribution in [1.29, 1.82) is 0 Å². The highest BCUT2D eigenvalue weighted by atomic mass is 16.2. The number of aryl methyl sites for hydroxylation is 1. The van der Waals surface area contributed by atoms with Gasteiger partial charge in [0, 0.05) is 65.7 Å². The van der Waals surface area contributed by atoms with E-state index in [0.717, 1.165) is 43.9 Å². The topological polar surface area (TPSA) is 69.6 Å². The SMILES string of the molecule is CN(C)C(=O)CCC(=O)N1CCCC2(CCc3cnc(N(C)C)nc32)C1. The van der Waals surface area contributed by atoms with Gasteiger partial charge < -0.3 is 14.7 Å². The molecule has 0 N–H and O–H groups in total. The van der Waals surface area contributed by atoms with Crippen molar-refractivity contribution in [1.82, 2.24) is 19.8 Å². The summed E-state index contributed by atoms with van der Waals surface area (Å²) in [6.45, 7) is 1.48. The van der Waals surface area contributed by atoms with Crippen molar-refractivity contribution in [2.75, 3.05) is 46.2 Å². The van der Waals surface area contributed by atoms with Gasteiger partial charge in [-0.15, -0.1) is 0 Å². The van der Waals surface area contributed by atoms with Gasteiger partial charge >= 0.3 is 0 Å². The van der Waals surface area contributed by atoms with Crippen LogP contribution in [0.1, 0.15) is 43.4 Å². The van der Waals surface area contributed by atoms with E-state index in [-0.39, 0.29) is 30.1 Å². The summed E-state index contributed by atoms with van der Waals surface area (Å²) < 4.78 is 0. The summed E-state index contributed by atoms with van der Waals surface area (Å²) >= 11 is 0. The minimum Gasteiger partial charge on any atom is -0.349 e. The molecular weight excluding hydrogens is 330 g/mol. The zero-order valence-corrected chi connectivity index (χ0v) is 16.3. The number of carbonyl (C=O) groups is 2. The van der Waals surface area contributed by atoms with Crippen LogP contribution in [0.2, 0.25) is 0 Å². The third-order valence-corrected chi connectivity index (χ3v) is 5.61. The number of fused-ring (bicyclic) bond motifs is 2. The Hall–Kier alpha value is -2.18. The van der Waals surface area contributed by atoms with Gasteiger partial charge in [-0.25, -0.2) is 9.97 Å². The average molecular weight is 359 g/mol. The van der Waals surface area contributed by atoms with Gasteiger partial charge in [-0.3, -0.25) is 9.59 Å². The van der Waals surface area contributed by atoms with Crippen LogP contribution in [0.3, 0.4) is 0 Å². The van der Waals surface area contributed by atoms with E-state index in [4.69, 9.17) is 4.98 Å². The highest BCUT2D eigenvalue weighted by Gasteiger charge is 2.44. The molecule has 3 rings (SSSR count). The fraction of sp³-hybridized carbons (Fsp3) is 0.684. The molecule has 0 bridgehead atoms. The lowest BCUT2D eigenvalue weighted by molar-refractivity contribution is -0.137. The predicted molar refractivity (Wildman–Crippen MR) is 100 cm³/mol. The fourth-order valence-electron chi connectivity index (χ4n) is 4.08. The lowest BCUT2D eigenvalue weighted by Gasteiger charge is -2.40. The van der Waals surface area contributed by atoms with Gasteiger partial charge in [0.2, 0.25) is 17.8 Å². The number of amides is 2. The Kier molecular flexibility index (Phi) is 5.16. The van der Waals surface area contributed by atoms with Gasteiger partial charge in [-0.05, 0) is 31.2 Å². The molecule has 0 aromatic carbocycles. The maximum absolute atomic E-state index is 12.7. The van der Waals surface area contributed by atoms with Crippen LogP contribution in [-0.4, -0.2) is 72.9 Å². The van der Waals surface area contributed by atoms with E-state index in [0.29, 0.717) is 6.54 Å². The van der Waals surface area contributed by atoms with E-state index in [9.17, 15) is 9.59 Å². The van der Waals surface area contributed by atoms with Crippen molar-refractivity contribution in [3.8, 4) is 0 Å². The van der Waals surface area contributed by atoms with Crippen LogP contribution in [0.25, 0.3) is 0 Å². The Labute approximate surface area is 155 Å². The summed E-state index contributed by atoms with van der Waals surface area (Å²) in [5.74, 6) is 0.805. The van der Waals surface area contributed by atoms with Gasteiger partial charge in [0.05, 0.1) is 5.69 Å². The first-order valence-electron chi connectivity index (χ1n) is 9.34. The number of anilines is 1. The first-order chi connectivity index (χ1) is 12.3. The summed E-state index contributed by atoms with van der Waals surface area (Å²) in [5, 5.41) is 0. The molecule has 7 nitrogen and oxygen atoms in total. The molecule has 2 aliphatic rings. The fourth-order valence-corrected chi connectivity index (χ4v) is 4.08. The van der Waals surface area contributed by atoms with Gasteiger partial charge in [-0.1, -0.05) is 0 Å². The molecule has 1 aromatic heterocycles. The first-order valence-corrected chi connectivity index (χ1v) is 9.34. The van der Waals surface area contributed by atoms with Crippen LogP contribution in [0.5, 0.6) is 0 Å². The number of nitrogens with zero attached hydrogens (tertiary/aromatic N) is 5. The van der Waals surface area contributed by atoms with Gasteiger partial charge in [0.1, 0.15) is 0 Å². The Balaban J connectivity index is 1.74. The number of hydrogen-bond donors (Lipinski definition) is 0. The zero-order chi connectivity index (χ0) is 18.9. The smallest absolute Gasteiger partial charge is 0.225 e. The second-order valence-electron chi connectivity index (χ2n) is 7.93. The largest absolute Gasteiger partial charge is 0.349 e. The highest BCUT2D eigenvalue weighted by Crippen LogP contribution is 2.44. The molecule has 1 saturated heterocycles. The normalized spacial score (nSPS) is 21.6. The van der Waals surface area contributed by atoms with Crippen LogP contribution >= 0.6 is 0 Å². The highest BCUT2D eigenvalue weighted by molar-refractivity contribution is 5.83. The molecule has 1 aliphatic carbocycles. The van der Waals surface area contributed by atoms with Gasteiger partial charge in [0.25, 0.3) is 0 Å². The molecule has 0 radical (unpaired) electrons. The van der Waals surface area contributed by atoms with E-state index in [2.05, 4.69) is 4.98 Å². The van der Waals surface area contributed by atoms with Crippen molar-refractivity contribution in [2.45, 2.75) is 43.9 Å². The van der Waals surface area contributed by atoms with Crippen LogP contribution in [0.15, 0.2) is 6.20 Å². The molecule has 7 heteroatoms.